The van der Waals surface area contributed by atoms with Crippen LogP contribution in [0.1, 0.15) is 9.67 Å². The van der Waals surface area contributed by atoms with Gasteiger partial charge in [-0.1, -0.05) is 11.3 Å². The summed E-state index contributed by atoms with van der Waals surface area (Å²) in [6.07, 6.45) is 0.562. The van der Waals surface area contributed by atoms with Crippen molar-refractivity contribution in [3.63, 3.8) is 0 Å². The van der Waals surface area contributed by atoms with Crippen molar-refractivity contribution in [3.8, 4) is 5.88 Å². The van der Waals surface area contributed by atoms with Gasteiger partial charge in [0.25, 0.3) is 0 Å². The number of aromatic nitrogens is 1. The molecular weight excluding hydrogens is 158 g/mol. The Balaban J connectivity index is 3.31. The van der Waals surface area contributed by atoms with Crippen molar-refractivity contribution in [2.75, 3.05) is 0 Å². The molecule has 1 heterocycles. The number of H-pyrrole nitrogens is 1. The number of thiazole rings is 1. The highest BCUT2D eigenvalue weighted by Gasteiger charge is 2.00. The van der Waals surface area contributed by atoms with E-state index in [2.05, 4.69) is 17.2 Å². The number of aromatic amines is 1. The first kappa shape index (κ1) is 6.44. The van der Waals surface area contributed by atoms with Crippen LogP contribution in [0.15, 0.2) is 0 Å². The predicted molar refractivity (Wildman–Crippen MR) is 36.6 cm³/mol. The first-order chi connectivity index (χ1) is 4.24. The Hall–Kier alpha value is -0.680. The quantitative estimate of drug-likeness (QED) is 0.482. The lowest BCUT2D eigenvalue weighted by Crippen LogP contribution is -1.69. The number of carbonyl (C=O) groups is 1. The number of nitrogens with one attached hydrogen (secondary N) is 1. The highest BCUT2D eigenvalue weighted by atomic mass is 32.1. The summed E-state index contributed by atoms with van der Waals surface area (Å²) in [6.45, 7) is 0. The SMILES string of the molecule is O=Cc1sc(=S)[nH]c1O. The van der Waals surface area contributed by atoms with Gasteiger partial charge in [0.15, 0.2) is 10.2 Å². The van der Waals surface area contributed by atoms with Gasteiger partial charge in [-0.25, -0.2) is 0 Å². The van der Waals surface area contributed by atoms with Gasteiger partial charge in [0.1, 0.15) is 4.88 Å². The van der Waals surface area contributed by atoms with Crippen LogP contribution < -0.4 is 0 Å². The lowest BCUT2D eigenvalue weighted by Gasteiger charge is -1.78. The largest absolute Gasteiger partial charge is 0.493 e. The molecule has 0 aromatic carbocycles. The first-order valence-electron chi connectivity index (χ1n) is 2.11. The van der Waals surface area contributed by atoms with Crippen LogP contribution in [0.5, 0.6) is 5.88 Å². The fraction of sp³-hybridized carbons (Fsp3) is 0. The predicted octanol–water partition coefficient (Wildman–Crippen LogP) is 1.32. The summed E-state index contributed by atoms with van der Waals surface area (Å²) in [5.41, 5.74) is 0. The van der Waals surface area contributed by atoms with Crippen LogP contribution in [0.2, 0.25) is 0 Å². The Bertz CT molecular complexity index is 274. The van der Waals surface area contributed by atoms with E-state index in [-0.39, 0.29) is 10.8 Å². The molecule has 2 N–H and O–H groups in total. The number of aldehydes is 1. The third kappa shape index (κ3) is 1.17. The summed E-state index contributed by atoms with van der Waals surface area (Å²) >= 11 is 5.69. The highest BCUT2D eigenvalue weighted by molar-refractivity contribution is 7.73. The molecule has 3 nitrogen and oxygen atoms in total. The molecule has 1 aromatic heterocycles. The van der Waals surface area contributed by atoms with Crippen LogP contribution in [-0.2, 0) is 0 Å². The van der Waals surface area contributed by atoms with Crippen molar-refractivity contribution in [1.82, 2.24) is 4.98 Å². The molecule has 0 spiro atoms. The van der Waals surface area contributed by atoms with Crippen molar-refractivity contribution in [2.45, 2.75) is 0 Å². The Morgan fingerprint density at radius 2 is 2.44 bits per heavy atom. The van der Waals surface area contributed by atoms with E-state index >= 15 is 0 Å². The molecule has 0 saturated heterocycles. The van der Waals surface area contributed by atoms with E-state index in [0.29, 0.717) is 10.2 Å². The van der Waals surface area contributed by atoms with E-state index in [1.54, 1.807) is 0 Å². The molecule has 0 saturated carbocycles. The van der Waals surface area contributed by atoms with Crippen molar-refractivity contribution in [2.24, 2.45) is 0 Å². The van der Waals surface area contributed by atoms with Gasteiger partial charge in [0.05, 0.1) is 0 Å². The van der Waals surface area contributed by atoms with Crippen LogP contribution in [0, 0.1) is 3.95 Å². The Morgan fingerprint density at radius 1 is 1.78 bits per heavy atom. The highest BCUT2D eigenvalue weighted by Crippen LogP contribution is 2.17. The molecule has 0 radical (unpaired) electrons. The molecule has 0 aliphatic carbocycles. The summed E-state index contributed by atoms with van der Waals surface area (Å²) in [4.78, 5) is 12.7. The summed E-state index contributed by atoms with van der Waals surface area (Å²) in [5, 5.41) is 8.79. The molecule has 0 amide bonds. The number of hydrogen-bond donors (Lipinski definition) is 2. The van der Waals surface area contributed by atoms with E-state index in [1.165, 1.54) is 0 Å². The van der Waals surface area contributed by atoms with Gasteiger partial charge in [-0.3, -0.25) is 4.79 Å². The Labute approximate surface area is 60.0 Å². The van der Waals surface area contributed by atoms with E-state index in [4.69, 9.17) is 5.11 Å². The monoisotopic (exact) mass is 161 g/mol. The summed E-state index contributed by atoms with van der Waals surface area (Å²) in [6, 6.07) is 0. The van der Waals surface area contributed by atoms with Crippen LogP contribution in [0.25, 0.3) is 0 Å². The normalized spacial score (nSPS) is 9.33. The molecule has 0 unspecified atom stereocenters. The van der Waals surface area contributed by atoms with Crippen LogP contribution >= 0.6 is 23.6 Å². The molecule has 0 aliphatic heterocycles. The van der Waals surface area contributed by atoms with E-state index in [0.717, 1.165) is 11.3 Å². The summed E-state index contributed by atoms with van der Waals surface area (Å²) in [5.74, 6) is -0.139. The zero-order chi connectivity index (χ0) is 6.85. The fourth-order valence-electron chi connectivity index (χ4n) is 0.412. The maximum atomic E-state index is 10.0. The fourth-order valence-corrected chi connectivity index (χ4v) is 1.32. The second-order valence-corrected chi connectivity index (χ2v) is 3.06. The maximum Gasteiger partial charge on any atom is 0.211 e. The average molecular weight is 161 g/mol. The van der Waals surface area contributed by atoms with E-state index in [9.17, 15) is 4.79 Å². The topological polar surface area (TPSA) is 53.1 Å². The van der Waals surface area contributed by atoms with Crippen LogP contribution in [-0.4, -0.2) is 16.4 Å². The number of aromatic hydroxyl groups is 1. The van der Waals surface area contributed by atoms with E-state index in [1.807, 2.05) is 0 Å². The second-order valence-electron chi connectivity index (χ2n) is 1.35. The second kappa shape index (κ2) is 2.28. The van der Waals surface area contributed by atoms with Gasteiger partial charge in [0, 0.05) is 0 Å². The standard InChI is InChI=1S/C4H3NO2S2/c6-1-2-3(7)5-4(8)9-2/h1,7H,(H,5,8). The smallest absolute Gasteiger partial charge is 0.211 e. The van der Waals surface area contributed by atoms with Crippen molar-refractivity contribution in [1.29, 1.82) is 0 Å². The summed E-state index contributed by atoms with van der Waals surface area (Å²) in [7, 11) is 0. The van der Waals surface area contributed by atoms with Gasteiger partial charge in [-0.15, -0.1) is 0 Å². The lowest BCUT2D eigenvalue weighted by molar-refractivity contribution is 0.112. The Morgan fingerprint density at radius 3 is 2.67 bits per heavy atom. The first-order valence-corrected chi connectivity index (χ1v) is 3.34. The van der Waals surface area contributed by atoms with Crippen molar-refractivity contribution >= 4 is 29.8 Å². The molecule has 1 rings (SSSR count). The maximum absolute atomic E-state index is 10.0. The molecule has 0 fully saturated rings. The molecule has 0 atom stereocenters. The van der Waals surface area contributed by atoms with Gasteiger partial charge < -0.3 is 10.1 Å². The number of carbonyl (C=O) groups excluding carboxylic acids is 1. The van der Waals surface area contributed by atoms with Gasteiger partial charge >= 0.3 is 0 Å². The molecule has 1 aromatic rings. The number of hydrogen-bond acceptors (Lipinski definition) is 4. The lowest BCUT2D eigenvalue weighted by atomic mass is 10.6. The molecule has 0 bridgehead atoms. The van der Waals surface area contributed by atoms with Gasteiger partial charge in [-0.2, -0.15) is 0 Å². The molecule has 9 heavy (non-hydrogen) atoms. The van der Waals surface area contributed by atoms with Crippen molar-refractivity contribution in [3.05, 3.63) is 8.83 Å². The van der Waals surface area contributed by atoms with Gasteiger partial charge in [-0.05, 0) is 12.2 Å². The summed E-state index contributed by atoms with van der Waals surface area (Å²) < 4.78 is 0.412. The Kier molecular flexibility index (Phi) is 1.63. The number of rotatable bonds is 1. The zero-order valence-electron chi connectivity index (χ0n) is 4.25. The minimum atomic E-state index is -0.139. The minimum Gasteiger partial charge on any atom is -0.493 e. The zero-order valence-corrected chi connectivity index (χ0v) is 5.88. The molecule has 0 aliphatic rings. The third-order valence-electron chi connectivity index (χ3n) is 0.764. The van der Waals surface area contributed by atoms with E-state index < -0.39 is 0 Å². The minimum absolute atomic E-state index is 0.139. The van der Waals surface area contributed by atoms with Crippen LogP contribution in [0.3, 0.4) is 0 Å². The molecular formula is C4H3NO2S2. The van der Waals surface area contributed by atoms with Gasteiger partial charge in [0.2, 0.25) is 5.88 Å². The van der Waals surface area contributed by atoms with Crippen molar-refractivity contribution < 1.29 is 9.90 Å². The third-order valence-corrected chi connectivity index (χ3v) is 1.91. The molecule has 5 heteroatoms. The average Bonchev–Trinajstić information content (AvgIpc) is 2.10. The van der Waals surface area contributed by atoms with Crippen LogP contribution in [0.4, 0.5) is 0 Å². The molecule has 48 valence electrons.